The van der Waals surface area contributed by atoms with Gasteiger partial charge in [-0.2, -0.15) is 5.10 Å². The van der Waals surface area contributed by atoms with Crippen LogP contribution in [0.5, 0.6) is 0 Å². The molecule has 0 atom stereocenters. The van der Waals surface area contributed by atoms with Crippen molar-refractivity contribution in [1.29, 1.82) is 0 Å². The Morgan fingerprint density at radius 3 is 2.54 bits per heavy atom. The summed E-state index contributed by atoms with van der Waals surface area (Å²) in [6.07, 6.45) is 1.66. The number of benzene rings is 2. The molecule has 8 heteroatoms. The topological polar surface area (TPSA) is 101 Å². The molecule has 7 nitrogen and oxygen atoms in total. The molecule has 0 bridgehead atoms. The third-order valence-electron chi connectivity index (χ3n) is 3.92. The van der Waals surface area contributed by atoms with Crippen molar-refractivity contribution < 1.29 is 18.3 Å². The van der Waals surface area contributed by atoms with E-state index in [2.05, 4.69) is 9.82 Å². The van der Waals surface area contributed by atoms with Crippen LogP contribution in [0.1, 0.15) is 21.6 Å². The molecule has 1 aromatic heterocycles. The van der Waals surface area contributed by atoms with Crippen LogP contribution in [0.2, 0.25) is 0 Å². The number of sulfonamides is 1. The standard InChI is InChI=1S/C18H17N3O4S/c1-12-6-7-16(11-17(12)18(22)23)26(24,25)20-14-4-3-5-15(10-14)21-13(2)8-9-19-21/h3-11,20H,1-2H3,(H,22,23). The van der Waals surface area contributed by atoms with Crippen LogP contribution in [0.15, 0.2) is 59.6 Å². The first-order chi connectivity index (χ1) is 12.3. The van der Waals surface area contributed by atoms with Crippen LogP contribution in [0.4, 0.5) is 5.69 Å². The number of hydrogen-bond donors (Lipinski definition) is 2. The largest absolute Gasteiger partial charge is 0.478 e. The zero-order valence-electron chi connectivity index (χ0n) is 14.2. The van der Waals surface area contributed by atoms with Crippen LogP contribution in [-0.4, -0.2) is 29.3 Å². The van der Waals surface area contributed by atoms with Gasteiger partial charge in [-0.1, -0.05) is 12.1 Å². The van der Waals surface area contributed by atoms with Gasteiger partial charge in [-0.25, -0.2) is 17.9 Å². The summed E-state index contributed by atoms with van der Waals surface area (Å²) < 4.78 is 29.4. The van der Waals surface area contributed by atoms with Gasteiger partial charge in [-0.15, -0.1) is 0 Å². The van der Waals surface area contributed by atoms with Crippen LogP contribution in [0.25, 0.3) is 5.69 Å². The summed E-state index contributed by atoms with van der Waals surface area (Å²) in [6.45, 7) is 3.51. The highest BCUT2D eigenvalue weighted by molar-refractivity contribution is 7.92. The predicted molar refractivity (Wildman–Crippen MR) is 97.2 cm³/mol. The van der Waals surface area contributed by atoms with Crippen molar-refractivity contribution in [2.45, 2.75) is 18.7 Å². The number of aromatic carboxylic acids is 1. The highest BCUT2D eigenvalue weighted by Gasteiger charge is 2.18. The Bertz CT molecular complexity index is 1090. The lowest BCUT2D eigenvalue weighted by Gasteiger charge is -2.11. The van der Waals surface area contributed by atoms with Gasteiger partial charge in [-0.3, -0.25) is 4.72 Å². The number of aryl methyl sites for hydroxylation is 2. The molecule has 3 aromatic rings. The second kappa shape index (κ2) is 6.64. The summed E-state index contributed by atoms with van der Waals surface area (Å²) in [5.41, 5.74) is 2.42. The van der Waals surface area contributed by atoms with Crippen LogP contribution < -0.4 is 4.72 Å². The minimum absolute atomic E-state index is 0.0474. The van der Waals surface area contributed by atoms with E-state index in [9.17, 15) is 18.3 Å². The second-order valence-electron chi connectivity index (χ2n) is 5.82. The second-order valence-corrected chi connectivity index (χ2v) is 7.50. The quantitative estimate of drug-likeness (QED) is 0.718. The first-order valence-corrected chi connectivity index (χ1v) is 9.24. The zero-order valence-corrected chi connectivity index (χ0v) is 15.0. The number of nitrogens with one attached hydrogen (secondary N) is 1. The van der Waals surface area contributed by atoms with Crippen molar-refractivity contribution in [3.8, 4) is 5.69 Å². The molecule has 3 rings (SSSR count). The third kappa shape index (κ3) is 3.45. The molecule has 0 aliphatic rings. The monoisotopic (exact) mass is 371 g/mol. The molecule has 26 heavy (non-hydrogen) atoms. The van der Waals surface area contributed by atoms with Gasteiger partial charge in [0.05, 0.1) is 21.8 Å². The van der Waals surface area contributed by atoms with Gasteiger partial charge in [-0.05, 0) is 55.8 Å². The number of carboxylic acid groups (broad SMARTS) is 1. The number of nitrogens with zero attached hydrogens (tertiary/aromatic N) is 2. The Morgan fingerprint density at radius 2 is 1.88 bits per heavy atom. The number of aromatic nitrogens is 2. The summed E-state index contributed by atoms with van der Waals surface area (Å²) in [5, 5.41) is 13.4. The molecular formula is C18H17N3O4S. The van der Waals surface area contributed by atoms with Crippen molar-refractivity contribution in [2.24, 2.45) is 0 Å². The zero-order chi connectivity index (χ0) is 18.9. The lowest BCUT2D eigenvalue weighted by atomic mass is 10.1. The molecule has 0 aliphatic heterocycles. The fourth-order valence-electron chi connectivity index (χ4n) is 2.55. The van der Waals surface area contributed by atoms with E-state index in [-0.39, 0.29) is 10.5 Å². The summed E-state index contributed by atoms with van der Waals surface area (Å²) in [7, 11) is -3.92. The maximum absolute atomic E-state index is 12.6. The van der Waals surface area contributed by atoms with E-state index in [0.717, 1.165) is 11.8 Å². The molecule has 0 saturated heterocycles. The van der Waals surface area contributed by atoms with Gasteiger partial charge in [0.2, 0.25) is 0 Å². The van der Waals surface area contributed by atoms with Gasteiger partial charge < -0.3 is 5.11 Å². The molecule has 2 aromatic carbocycles. The highest BCUT2D eigenvalue weighted by atomic mass is 32.2. The molecule has 0 unspecified atom stereocenters. The number of anilines is 1. The van der Waals surface area contributed by atoms with Gasteiger partial charge in [0, 0.05) is 11.9 Å². The van der Waals surface area contributed by atoms with E-state index in [1.165, 1.54) is 12.1 Å². The Labute approximate surface area is 151 Å². The highest BCUT2D eigenvalue weighted by Crippen LogP contribution is 2.21. The van der Waals surface area contributed by atoms with Crippen LogP contribution in [0.3, 0.4) is 0 Å². The van der Waals surface area contributed by atoms with Gasteiger partial charge in [0.25, 0.3) is 10.0 Å². The van der Waals surface area contributed by atoms with Crippen molar-refractivity contribution in [1.82, 2.24) is 9.78 Å². The number of carboxylic acids is 1. The maximum atomic E-state index is 12.6. The van der Waals surface area contributed by atoms with E-state index in [1.54, 1.807) is 36.0 Å². The minimum atomic E-state index is -3.92. The number of hydrogen-bond acceptors (Lipinski definition) is 4. The molecule has 0 aliphatic carbocycles. The first kappa shape index (κ1) is 17.7. The van der Waals surface area contributed by atoms with Crippen molar-refractivity contribution in [3.63, 3.8) is 0 Å². The Hall–Kier alpha value is -3.13. The number of rotatable bonds is 5. The molecule has 1 heterocycles. The van der Waals surface area contributed by atoms with Crippen LogP contribution >= 0.6 is 0 Å². The van der Waals surface area contributed by atoms with Gasteiger partial charge in [0.1, 0.15) is 0 Å². The van der Waals surface area contributed by atoms with Crippen molar-refractivity contribution >= 4 is 21.7 Å². The fraction of sp³-hybridized carbons (Fsp3) is 0.111. The Balaban J connectivity index is 1.95. The molecule has 2 N–H and O–H groups in total. The number of carbonyl (C=O) groups is 1. The first-order valence-electron chi connectivity index (χ1n) is 7.76. The fourth-order valence-corrected chi connectivity index (χ4v) is 3.63. The van der Waals surface area contributed by atoms with Crippen LogP contribution in [-0.2, 0) is 10.0 Å². The molecule has 134 valence electrons. The predicted octanol–water partition coefficient (Wildman–Crippen LogP) is 2.99. The molecule has 0 amide bonds. The Kier molecular flexibility index (Phi) is 4.52. The average Bonchev–Trinajstić information content (AvgIpc) is 3.00. The van der Waals surface area contributed by atoms with Gasteiger partial charge >= 0.3 is 5.97 Å². The van der Waals surface area contributed by atoms with E-state index in [1.807, 2.05) is 19.1 Å². The normalized spacial score (nSPS) is 11.3. The minimum Gasteiger partial charge on any atom is -0.478 e. The molecule has 0 spiro atoms. The summed E-state index contributed by atoms with van der Waals surface area (Å²) >= 11 is 0. The summed E-state index contributed by atoms with van der Waals surface area (Å²) in [5.74, 6) is -1.17. The van der Waals surface area contributed by atoms with E-state index in [4.69, 9.17) is 0 Å². The average molecular weight is 371 g/mol. The molecule has 0 saturated carbocycles. The summed E-state index contributed by atoms with van der Waals surface area (Å²) in [6, 6.07) is 12.7. The van der Waals surface area contributed by atoms with E-state index >= 15 is 0 Å². The molecule has 0 radical (unpaired) electrons. The van der Waals surface area contributed by atoms with Crippen molar-refractivity contribution in [3.05, 3.63) is 71.5 Å². The SMILES string of the molecule is Cc1ccc(S(=O)(=O)Nc2cccc(-n3nccc3C)c2)cc1C(=O)O. The maximum Gasteiger partial charge on any atom is 0.335 e. The van der Waals surface area contributed by atoms with Crippen molar-refractivity contribution in [2.75, 3.05) is 4.72 Å². The Morgan fingerprint density at radius 1 is 1.12 bits per heavy atom. The van der Waals surface area contributed by atoms with Crippen LogP contribution in [0, 0.1) is 13.8 Å². The van der Waals surface area contributed by atoms with E-state index < -0.39 is 16.0 Å². The molecule has 0 fully saturated rings. The van der Waals surface area contributed by atoms with Gasteiger partial charge in [0.15, 0.2) is 0 Å². The van der Waals surface area contributed by atoms with E-state index in [0.29, 0.717) is 16.9 Å². The smallest absolute Gasteiger partial charge is 0.335 e. The molecular weight excluding hydrogens is 354 g/mol. The lowest BCUT2D eigenvalue weighted by molar-refractivity contribution is 0.0696. The lowest BCUT2D eigenvalue weighted by Crippen LogP contribution is -2.14. The third-order valence-corrected chi connectivity index (χ3v) is 5.30. The summed E-state index contributed by atoms with van der Waals surface area (Å²) in [4.78, 5) is 11.1.